The third kappa shape index (κ3) is 4.26. The Morgan fingerprint density at radius 3 is 1.78 bits per heavy atom. The lowest BCUT2D eigenvalue weighted by Gasteiger charge is -2.37. The van der Waals surface area contributed by atoms with Gasteiger partial charge < -0.3 is 0 Å². The van der Waals surface area contributed by atoms with Crippen LogP contribution in [0.5, 0.6) is 0 Å². The van der Waals surface area contributed by atoms with Gasteiger partial charge in [0.25, 0.3) is 0 Å². The zero-order chi connectivity index (χ0) is 16.1. The van der Waals surface area contributed by atoms with Crippen molar-refractivity contribution in [3.05, 3.63) is 35.4 Å². The highest BCUT2D eigenvalue weighted by Crippen LogP contribution is 2.41. The average molecular weight is 377 g/mol. The van der Waals surface area contributed by atoms with Gasteiger partial charge in [0.15, 0.2) is 5.78 Å². The number of alkyl halides is 1. The molecule has 3 rings (SSSR count). The molecule has 2 aliphatic carbocycles. The maximum Gasteiger partial charge on any atom is 0.166 e. The molecule has 0 radical (unpaired) electrons. The second kappa shape index (κ2) is 8.46. The molecule has 0 atom stereocenters. The predicted octanol–water partition coefficient (Wildman–Crippen LogP) is 6.54. The Bertz CT molecular complexity index is 477. The molecule has 0 aliphatic heterocycles. The minimum Gasteiger partial charge on any atom is -0.294 e. The zero-order valence-electron chi connectivity index (χ0n) is 14.1. The molecule has 2 saturated carbocycles. The lowest BCUT2D eigenvalue weighted by Crippen LogP contribution is -2.33. The van der Waals surface area contributed by atoms with E-state index in [0.29, 0.717) is 17.6 Å². The number of halogens is 1. The molecule has 2 heteroatoms. The van der Waals surface area contributed by atoms with Gasteiger partial charge in [0.2, 0.25) is 0 Å². The first-order valence-electron chi connectivity index (χ1n) is 9.48. The molecule has 0 unspecified atom stereocenters. The molecule has 0 saturated heterocycles. The monoisotopic (exact) mass is 376 g/mol. The van der Waals surface area contributed by atoms with Crippen LogP contribution in [0.25, 0.3) is 0 Å². The lowest BCUT2D eigenvalue weighted by atomic mass is 9.67. The van der Waals surface area contributed by atoms with Crippen LogP contribution in [0.3, 0.4) is 0 Å². The number of hydrogen-bond acceptors (Lipinski definition) is 1. The van der Waals surface area contributed by atoms with Crippen LogP contribution in [0.15, 0.2) is 24.3 Å². The highest BCUT2D eigenvalue weighted by molar-refractivity contribution is 9.08. The van der Waals surface area contributed by atoms with Crippen molar-refractivity contribution in [2.75, 3.05) is 0 Å². The first kappa shape index (κ1) is 17.2. The highest BCUT2D eigenvalue weighted by Gasteiger charge is 2.36. The van der Waals surface area contributed by atoms with Gasteiger partial charge in [-0.25, -0.2) is 0 Å². The summed E-state index contributed by atoms with van der Waals surface area (Å²) in [6, 6.07) is 8.30. The van der Waals surface area contributed by atoms with Gasteiger partial charge in [-0.2, -0.15) is 0 Å². The Labute approximate surface area is 149 Å². The lowest BCUT2D eigenvalue weighted by molar-refractivity contribution is 0.0710. The van der Waals surface area contributed by atoms with Gasteiger partial charge in [0.05, 0.1) is 0 Å². The van der Waals surface area contributed by atoms with E-state index in [1.165, 1.54) is 69.8 Å². The summed E-state index contributed by atoms with van der Waals surface area (Å²) < 4.78 is 0. The van der Waals surface area contributed by atoms with Crippen molar-refractivity contribution in [1.29, 1.82) is 0 Å². The maximum absolute atomic E-state index is 13.3. The summed E-state index contributed by atoms with van der Waals surface area (Å²) in [6.45, 7) is 0. The van der Waals surface area contributed by atoms with Crippen LogP contribution in [-0.4, -0.2) is 5.78 Å². The van der Waals surface area contributed by atoms with Gasteiger partial charge in [-0.05, 0) is 43.1 Å². The summed E-state index contributed by atoms with van der Waals surface area (Å²) in [5.41, 5.74) is 2.18. The van der Waals surface area contributed by atoms with E-state index in [9.17, 15) is 4.79 Å². The number of Topliss-reactive ketones (excluding diaryl/α,β-unsaturated/α-hetero) is 1. The van der Waals surface area contributed by atoms with E-state index in [4.69, 9.17) is 0 Å². The number of carbonyl (C=O) groups excluding carboxylic acids is 1. The van der Waals surface area contributed by atoms with Crippen LogP contribution in [0, 0.1) is 17.8 Å². The smallest absolute Gasteiger partial charge is 0.166 e. The van der Waals surface area contributed by atoms with E-state index in [-0.39, 0.29) is 5.92 Å². The number of rotatable bonds is 5. The Morgan fingerprint density at radius 1 is 0.870 bits per heavy atom. The summed E-state index contributed by atoms with van der Waals surface area (Å²) in [4.78, 5) is 13.3. The standard InChI is InChI=1S/C21H29BrO/c22-15-16-11-13-19(14-12-16)21(23)20(17-7-3-1-4-8-17)18-9-5-2-6-10-18/h11-14,17-18,20H,1-10,15H2. The minimum atomic E-state index is 0.283. The molecule has 1 aromatic carbocycles. The van der Waals surface area contributed by atoms with Crippen molar-refractivity contribution in [2.24, 2.45) is 17.8 Å². The summed E-state index contributed by atoms with van der Waals surface area (Å²) in [5, 5.41) is 0.857. The van der Waals surface area contributed by atoms with Gasteiger partial charge in [-0.1, -0.05) is 78.7 Å². The third-order valence-corrected chi connectivity index (χ3v) is 6.66. The molecule has 2 fully saturated rings. The van der Waals surface area contributed by atoms with Crippen molar-refractivity contribution in [3.8, 4) is 0 Å². The molecular formula is C21H29BrO. The minimum absolute atomic E-state index is 0.283. The van der Waals surface area contributed by atoms with Crippen molar-refractivity contribution in [1.82, 2.24) is 0 Å². The molecule has 23 heavy (non-hydrogen) atoms. The molecule has 0 amide bonds. The quantitative estimate of drug-likeness (QED) is 0.421. The molecule has 1 aromatic rings. The number of ketones is 1. The molecule has 0 N–H and O–H groups in total. The van der Waals surface area contributed by atoms with Crippen LogP contribution in [0.1, 0.15) is 80.1 Å². The average Bonchev–Trinajstić information content (AvgIpc) is 2.64. The van der Waals surface area contributed by atoms with Gasteiger partial charge in [0.1, 0.15) is 0 Å². The SMILES string of the molecule is O=C(c1ccc(CBr)cc1)C(C1CCCCC1)C1CCCCC1. The maximum atomic E-state index is 13.3. The van der Waals surface area contributed by atoms with Gasteiger partial charge in [0, 0.05) is 16.8 Å². The van der Waals surface area contributed by atoms with Crippen molar-refractivity contribution < 1.29 is 4.79 Å². The summed E-state index contributed by atoms with van der Waals surface area (Å²) in [7, 11) is 0. The number of hydrogen-bond donors (Lipinski definition) is 0. The molecule has 0 spiro atoms. The fourth-order valence-electron chi connectivity index (χ4n) is 4.75. The highest BCUT2D eigenvalue weighted by atomic mass is 79.9. The van der Waals surface area contributed by atoms with Crippen molar-refractivity contribution >= 4 is 21.7 Å². The van der Waals surface area contributed by atoms with E-state index in [1.807, 2.05) is 0 Å². The fourth-order valence-corrected chi connectivity index (χ4v) is 5.12. The Balaban J connectivity index is 1.81. The Kier molecular flexibility index (Phi) is 6.33. The van der Waals surface area contributed by atoms with Crippen molar-refractivity contribution in [3.63, 3.8) is 0 Å². The zero-order valence-corrected chi connectivity index (χ0v) is 15.7. The largest absolute Gasteiger partial charge is 0.294 e. The fraction of sp³-hybridized carbons (Fsp3) is 0.667. The number of carbonyl (C=O) groups is 1. The van der Waals surface area contributed by atoms with Crippen molar-refractivity contribution in [2.45, 2.75) is 69.5 Å². The molecule has 0 aromatic heterocycles. The topological polar surface area (TPSA) is 17.1 Å². The summed E-state index contributed by atoms with van der Waals surface area (Å²) >= 11 is 3.49. The van der Waals surface area contributed by atoms with Crippen LogP contribution in [-0.2, 0) is 5.33 Å². The van der Waals surface area contributed by atoms with E-state index < -0.39 is 0 Å². The van der Waals surface area contributed by atoms with Crippen LogP contribution >= 0.6 is 15.9 Å². The molecular weight excluding hydrogens is 348 g/mol. The normalized spacial score (nSPS) is 20.8. The third-order valence-electron chi connectivity index (χ3n) is 6.01. The Hall–Kier alpha value is -0.630. The molecule has 0 heterocycles. The van der Waals surface area contributed by atoms with Crippen LogP contribution in [0.4, 0.5) is 0 Å². The molecule has 126 valence electrons. The van der Waals surface area contributed by atoms with Gasteiger partial charge in [-0.15, -0.1) is 0 Å². The second-order valence-corrected chi connectivity index (χ2v) is 8.08. The first-order valence-corrected chi connectivity index (χ1v) is 10.6. The Morgan fingerprint density at radius 2 is 1.35 bits per heavy atom. The van der Waals surface area contributed by atoms with Crippen LogP contribution in [0.2, 0.25) is 0 Å². The molecule has 0 bridgehead atoms. The second-order valence-electron chi connectivity index (χ2n) is 7.52. The van der Waals surface area contributed by atoms with E-state index >= 15 is 0 Å². The van der Waals surface area contributed by atoms with E-state index in [2.05, 4.69) is 40.2 Å². The molecule has 2 aliphatic rings. The van der Waals surface area contributed by atoms with Gasteiger partial charge >= 0.3 is 0 Å². The predicted molar refractivity (Wildman–Crippen MR) is 100 cm³/mol. The summed E-state index contributed by atoms with van der Waals surface area (Å²) in [6.07, 6.45) is 13.1. The van der Waals surface area contributed by atoms with Crippen LogP contribution < -0.4 is 0 Å². The molecule has 1 nitrogen and oxygen atoms in total. The summed E-state index contributed by atoms with van der Waals surface area (Å²) in [5.74, 6) is 1.99. The first-order chi connectivity index (χ1) is 11.3. The number of benzene rings is 1. The van der Waals surface area contributed by atoms with E-state index in [1.54, 1.807) is 0 Å². The van der Waals surface area contributed by atoms with E-state index in [0.717, 1.165) is 10.9 Å². The van der Waals surface area contributed by atoms with Gasteiger partial charge in [-0.3, -0.25) is 4.79 Å².